The predicted molar refractivity (Wildman–Crippen MR) is 138 cm³/mol. The number of aryl methyl sites for hydroxylation is 1. The minimum Gasteiger partial charge on any atom is -0.380 e. The number of likely N-dealkylation sites (tertiary alicyclic amines) is 1. The Kier molecular flexibility index (Phi) is 5.46. The van der Waals surface area contributed by atoms with Crippen molar-refractivity contribution in [3.8, 4) is 0 Å². The van der Waals surface area contributed by atoms with Gasteiger partial charge in [-0.15, -0.1) is 11.3 Å². The molecule has 4 heterocycles. The second-order valence-corrected chi connectivity index (χ2v) is 10.4. The number of hydrogen-bond donors (Lipinski definition) is 2. The highest BCUT2D eigenvalue weighted by molar-refractivity contribution is 7.21. The van der Waals surface area contributed by atoms with Crippen molar-refractivity contribution in [1.29, 1.82) is 0 Å². The van der Waals surface area contributed by atoms with E-state index >= 15 is 0 Å². The van der Waals surface area contributed by atoms with Crippen LogP contribution in [0.5, 0.6) is 0 Å². The molecule has 6 rings (SSSR count). The summed E-state index contributed by atoms with van der Waals surface area (Å²) < 4.78 is 8.09. The summed E-state index contributed by atoms with van der Waals surface area (Å²) in [5.41, 5.74) is 4.40. The minimum atomic E-state index is -0.0674. The molecule has 1 aliphatic carbocycles. The molecule has 0 bridgehead atoms. The van der Waals surface area contributed by atoms with Crippen LogP contribution in [0, 0.1) is 6.92 Å². The Bertz CT molecular complexity index is 1450. The fourth-order valence-electron chi connectivity index (χ4n) is 4.73. The number of carbonyl (C=O) groups is 2. The highest BCUT2D eigenvalue weighted by atomic mass is 32.1. The van der Waals surface area contributed by atoms with Crippen molar-refractivity contribution in [2.24, 2.45) is 0 Å². The van der Waals surface area contributed by atoms with Gasteiger partial charge in [0.2, 0.25) is 0 Å². The van der Waals surface area contributed by atoms with Crippen LogP contribution in [0.2, 0.25) is 0 Å². The van der Waals surface area contributed by atoms with E-state index in [-0.39, 0.29) is 18.0 Å². The normalized spacial score (nSPS) is 17.9. The zero-order chi connectivity index (χ0) is 24.1. The van der Waals surface area contributed by atoms with Gasteiger partial charge >= 0.3 is 6.03 Å². The standard InChI is InChI=1S/C26H27N5O3S/c1-15-11-16-12-18(5-6-22(16)31(15)26(33)29-17-3-4-17)28-20-7-9-27-21-13-23(35-24(20)21)25(32)30-10-8-19(14-30)34-2/h5-7,9,11-13,17,19H,3-4,8,10,14H2,1-2H3,(H,27,28)(H,29,33)/t19-/m1/s1. The number of thiophene rings is 1. The maximum Gasteiger partial charge on any atom is 0.326 e. The van der Waals surface area contributed by atoms with Gasteiger partial charge in [-0.05, 0) is 62.6 Å². The molecule has 1 aromatic carbocycles. The molecule has 0 unspecified atom stereocenters. The molecule has 1 saturated heterocycles. The Labute approximate surface area is 206 Å². The number of nitrogens with zero attached hydrogens (tertiary/aromatic N) is 3. The van der Waals surface area contributed by atoms with Crippen molar-refractivity contribution in [3.05, 3.63) is 53.2 Å². The first kappa shape index (κ1) is 22.1. The van der Waals surface area contributed by atoms with E-state index in [0.717, 1.165) is 57.5 Å². The van der Waals surface area contributed by atoms with Crippen LogP contribution in [0.1, 0.15) is 34.6 Å². The topological polar surface area (TPSA) is 88.5 Å². The van der Waals surface area contributed by atoms with E-state index in [2.05, 4.69) is 15.6 Å². The van der Waals surface area contributed by atoms with Crippen molar-refractivity contribution < 1.29 is 14.3 Å². The van der Waals surface area contributed by atoms with E-state index in [0.29, 0.717) is 24.0 Å². The quantitative estimate of drug-likeness (QED) is 0.417. The van der Waals surface area contributed by atoms with Crippen molar-refractivity contribution in [3.63, 3.8) is 0 Å². The zero-order valence-corrected chi connectivity index (χ0v) is 20.5. The van der Waals surface area contributed by atoms with Gasteiger partial charge in [0.05, 0.1) is 32.4 Å². The highest BCUT2D eigenvalue weighted by Gasteiger charge is 2.28. The Morgan fingerprint density at radius 3 is 2.77 bits per heavy atom. The number of carbonyl (C=O) groups excluding carboxylic acids is 2. The van der Waals surface area contributed by atoms with E-state index < -0.39 is 0 Å². The Hall–Kier alpha value is -3.43. The molecule has 1 aliphatic heterocycles. The Morgan fingerprint density at radius 2 is 2.00 bits per heavy atom. The first-order valence-corrected chi connectivity index (χ1v) is 12.7. The van der Waals surface area contributed by atoms with Gasteiger partial charge in [0.15, 0.2) is 0 Å². The number of anilines is 2. The fourth-order valence-corrected chi connectivity index (χ4v) is 5.78. The summed E-state index contributed by atoms with van der Waals surface area (Å²) in [7, 11) is 1.69. The molecule has 4 aromatic rings. The van der Waals surface area contributed by atoms with Gasteiger partial charge in [-0.1, -0.05) is 0 Å². The molecule has 1 saturated carbocycles. The van der Waals surface area contributed by atoms with Crippen LogP contribution in [0.25, 0.3) is 21.1 Å². The van der Waals surface area contributed by atoms with Crippen LogP contribution >= 0.6 is 11.3 Å². The number of ether oxygens (including phenoxy) is 1. The maximum atomic E-state index is 13.1. The first-order chi connectivity index (χ1) is 17.0. The lowest BCUT2D eigenvalue weighted by Gasteiger charge is -2.14. The monoisotopic (exact) mass is 489 g/mol. The molecule has 8 nitrogen and oxygen atoms in total. The molecule has 9 heteroatoms. The molecule has 2 N–H and O–H groups in total. The molecule has 2 aliphatic rings. The molecule has 2 fully saturated rings. The van der Waals surface area contributed by atoms with Crippen molar-refractivity contribution >= 4 is 55.8 Å². The minimum absolute atomic E-state index is 0.0289. The summed E-state index contributed by atoms with van der Waals surface area (Å²) in [6.07, 6.45) is 4.84. The molecule has 2 amide bonds. The van der Waals surface area contributed by atoms with Crippen LogP contribution in [0.3, 0.4) is 0 Å². The van der Waals surface area contributed by atoms with Crippen molar-refractivity contribution in [1.82, 2.24) is 19.8 Å². The van der Waals surface area contributed by atoms with E-state index in [9.17, 15) is 9.59 Å². The van der Waals surface area contributed by atoms with E-state index in [4.69, 9.17) is 4.74 Å². The molecule has 0 spiro atoms. The van der Waals surface area contributed by atoms with Gasteiger partial charge in [-0.25, -0.2) is 4.79 Å². The Balaban J connectivity index is 1.27. The Morgan fingerprint density at radius 1 is 1.14 bits per heavy atom. The molecule has 180 valence electrons. The smallest absolute Gasteiger partial charge is 0.326 e. The first-order valence-electron chi connectivity index (χ1n) is 11.9. The summed E-state index contributed by atoms with van der Waals surface area (Å²) in [5.74, 6) is 0.0289. The lowest BCUT2D eigenvalue weighted by atomic mass is 10.2. The maximum absolute atomic E-state index is 13.1. The molecule has 35 heavy (non-hydrogen) atoms. The van der Waals surface area contributed by atoms with Gasteiger partial charge < -0.3 is 20.3 Å². The van der Waals surface area contributed by atoms with Gasteiger partial charge in [0.1, 0.15) is 0 Å². The molecule has 3 aromatic heterocycles. The third kappa shape index (κ3) is 4.15. The number of benzene rings is 1. The lowest BCUT2D eigenvalue weighted by molar-refractivity contribution is 0.0728. The van der Waals surface area contributed by atoms with Gasteiger partial charge in [0.25, 0.3) is 5.91 Å². The summed E-state index contributed by atoms with van der Waals surface area (Å²) >= 11 is 1.46. The van der Waals surface area contributed by atoms with E-state index in [1.807, 2.05) is 48.2 Å². The zero-order valence-electron chi connectivity index (χ0n) is 19.7. The summed E-state index contributed by atoms with van der Waals surface area (Å²) in [6, 6.07) is 12.1. The molecular formula is C26H27N5O3S. The van der Waals surface area contributed by atoms with Crippen LogP contribution in [-0.2, 0) is 4.74 Å². The van der Waals surface area contributed by atoms with Crippen LogP contribution in [0.4, 0.5) is 16.2 Å². The molecule has 1 atom stereocenters. The summed E-state index contributed by atoms with van der Waals surface area (Å²) in [6.45, 7) is 3.28. The van der Waals surface area contributed by atoms with Gasteiger partial charge in [-0.2, -0.15) is 0 Å². The SMILES string of the molecule is CO[C@@H]1CCN(C(=O)c2cc3nccc(Nc4ccc5c(c4)cc(C)n5C(=O)NC4CC4)c3s2)C1. The average Bonchev–Trinajstić information content (AvgIpc) is 3.24. The largest absolute Gasteiger partial charge is 0.380 e. The van der Waals surface area contributed by atoms with Gasteiger partial charge in [-0.3, -0.25) is 14.3 Å². The third-order valence-electron chi connectivity index (χ3n) is 6.76. The predicted octanol–water partition coefficient (Wildman–Crippen LogP) is 4.88. The second kappa shape index (κ2) is 8.66. The number of rotatable bonds is 5. The summed E-state index contributed by atoms with van der Waals surface area (Å²) in [4.78, 5) is 32.8. The number of fused-ring (bicyclic) bond motifs is 2. The number of amides is 2. The fraction of sp³-hybridized carbons (Fsp3) is 0.346. The average molecular weight is 490 g/mol. The molecule has 0 radical (unpaired) electrons. The molecular weight excluding hydrogens is 462 g/mol. The van der Waals surface area contributed by atoms with Crippen molar-refractivity contribution in [2.75, 3.05) is 25.5 Å². The number of pyridine rings is 1. The summed E-state index contributed by atoms with van der Waals surface area (Å²) in [5, 5.41) is 7.55. The second-order valence-electron chi connectivity index (χ2n) is 9.32. The van der Waals surface area contributed by atoms with Crippen LogP contribution in [-0.4, -0.2) is 58.7 Å². The number of aromatic nitrogens is 2. The van der Waals surface area contributed by atoms with E-state index in [1.54, 1.807) is 17.9 Å². The number of nitrogens with one attached hydrogen (secondary N) is 2. The third-order valence-corrected chi connectivity index (χ3v) is 7.91. The number of methoxy groups -OCH3 is 1. The number of hydrogen-bond acceptors (Lipinski definition) is 6. The van der Waals surface area contributed by atoms with E-state index in [1.165, 1.54) is 11.3 Å². The highest BCUT2D eigenvalue weighted by Crippen LogP contribution is 2.34. The lowest BCUT2D eigenvalue weighted by Crippen LogP contribution is -2.30. The van der Waals surface area contributed by atoms with Gasteiger partial charge in [0, 0.05) is 49.2 Å². The van der Waals surface area contributed by atoms with Crippen molar-refractivity contribution in [2.45, 2.75) is 38.3 Å². The van der Waals surface area contributed by atoms with Crippen LogP contribution < -0.4 is 10.6 Å². The van der Waals surface area contributed by atoms with Crippen LogP contribution in [0.15, 0.2) is 42.6 Å².